The second kappa shape index (κ2) is 12.3. The molecule has 0 unspecified atom stereocenters. The zero-order chi connectivity index (χ0) is 31.8. The SMILES string of the molecule is CCCc1cc(C)c(-c2cnn(-c3cccc(Oc4ccc5c6ccccc6n(-c6cc(C)ccn6)c5c4)c3)c2)c(C)c1CCC. The van der Waals surface area contributed by atoms with E-state index in [0.717, 1.165) is 65.3 Å². The van der Waals surface area contributed by atoms with Gasteiger partial charge in [0, 0.05) is 40.9 Å². The Morgan fingerprint density at radius 2 is 1.54 bits per heavy atom. The van der Waals surface area contributed by atoms with Crippen molar-refractivity contribution in [1.82, 2.24) is 19.3 Å². The summed E-state index contributed by atoms with van der Waals surface area (Å²) in [5.74, 6) is 2.42. The Kier molecular flexibility index (Phi) is 7.91. The molecule has 0 atom stereocenters. The van der Waals surface area contributed by atoms with Crippen molar-refractivity contribution in [1.29, 1.82) is 0 Å². The average molecular weight is 605 g/mol. The molecule has 0 saturated carbocycles. The second-order valence-corrected chi connectivity index (χ2v) is 12.3. The zero-order valence-corrected chi connectivity index (χ0v) is 27.3. The van der Waals surface area contributed by atoms with E-state index in [1.807, 2.05) is 47.4 Å². The Bertz CT molecular complexity index is 2200. The molecule has 46 heavy (non-hydrogen) atoms. The van der Waals surface area contributed by atoms with Crippen molar-refractivity contribution in [3.05, 3.63) is 131 Å². The van der Waals surface area contributed by atoms with E-state index < -0.39 is 0 Å². The number of pyridine rings is 1. The smallest absolute Gasteiger partial charge is 0.137 e. The zero-order valence-electron chi connectivity index (χ0n) is 27.3. The molecule has 3 aromatic heterocycles. The summed E-state index contributed by atoms with van der Waals surface area (Å²) in [5.41, 5.74) is 12.4. The fourth-order valence-electron chi connectivity index (χ4n) is 6.96. The third kappa shape index (κ3) is 5.36. The molecule has 0 saturated heterocycles. The highest BCUT2D eigenvalue weighted by atomic mass is 16.5. The molecule has 0 fully saturated rings. The molecule has 0 aliphatic heterocycles. The van der Waals surface area contributed by atoms with E-state index in [9.17, 15) is 0 Å². The van der Waals surface area contributed by atoms with Crippen LogP contribution in [0, 0.1) is 20.8 Å². The predicted molar refractivity (Wildman–Crippen MR) is 190 cm³/mol. The molecule has 0 N–H and O–H groups in total. The van der Waals surface area contributed by atoms with Crippen molar-refractivity contribution in [3.63, 3.8) is 0 Å². The molecule has 5 heteroatoms. The summed E-state index contributed by atoms with van der Waals surface area (Å²) in [6.45, 7) is 11.1. The number of benzene rings is 4. The van der Waals surface area contributed by atoms with Crippen molar-refractivity contribution in [2.75, 3.05) is 0 Å². The van der Waals surface area contributed by atoms with Crippen LogP contribution < -0.4 is 4.74 Å². The van der Waals surface area contributed by atoms with E-state index in [-0.39, 0.29) is 0 Å². The van der Waals surface area contributed by atoms with Crippen LogP contribution in [-0.2, 0) is 12.8 Å². The molecule has 0 bridgehead atoms. The lowest BCUT2D eigenvalue weighted by Crippen LogP contribution is -2.02. The number of rotatable bonds is 9. The minimum absolute atomic E-state index is 0.756. The summed E-state index contributed by atoms with van der Waals surface area (Å²) in [7, 11) is 0. The van der Waals surface area contributed by atoms with Crippen LogP contribution in [0.1, 0.15) is 54.5 Å². The topological polar surface area (TPSA) is 44.9 Å². The third-order valence-corrected chi connectivity index (χ3v) is 8.98. The van der Waals surface area contributed by atoms with Crippen LogP contribution in [-0.4, -0.2) is 19.3 Å². The van der Waals surface area contributed by atoms with E-state index in [1.165, 1.54) is 44.2 Å². The summed E-state index contributed by atoms with van der Waals surface area (Å²) < 4.78 is 10.7. The van der Waals surface area contributed by atoms with Crippen molar-refractivity contribution < 1.29 is 4.74 Å². The van der Waals surface area contributed by atoms with Gasteiger partial charge in [-0.2, -0.15) is 5.10 Å². The Morgan fingerprint density at radius 1 is 0.739 bits per heavy atom. The van der Waals surface area contributed by atoms with Gasteiger partial charge in [-0.25, -0.2) is 9.67 Å². The lowest BCUT2D eigenvalue weighted by atomic mass is 9.87. The van der Waals surface area contributed by atoms with E-state index >= 15 is 0 Å². The van der Waals surface area contributed by atoms with Crippen LogP contribution in [0.25, 0.3) is 44.4 Å². The molecular weight excluding hydrogens is 564 g/mol. The number of aromatic nitrogens is 4. The van der Waals surface area contributed by atoms with Gasteiger partial charge in [-0.15, -0.1) is 0 Å². The molecule has 7 aromatic rings. The molecule has 230 valence electrons. The second-order valence-electron chi connectivity index (χ2n) is 12.3. The molecule has 0 amide bonds. The number of nitrogens with zero attached hydrogens (tertiary/aromatic N) is 4. The van der Waals surface area contributed by atoms with Gasteiger partial charge in [-0.3, -0.25) is 4.57 Å². The maximum atomic E-state index is 6.49. The van der Waals surface area contributed by atoms with Crippen LogP contribution in [0.15, 0.2) is 104 Å². The number of fused-ring (bicyclic) bond motifs is 3. The average Bonchev–Trinajstić information content (AvgIpc) is 3.66. The number of aryl methyl sites for hydroxylation is 3. The van der Waals surface area contributed by atoms with Gasteiger partial charge in [0.25, 0.3) is 0 Å². The monoisotopic (exact) mass is 604 g/mol. The molecule has 5 nitrogen and oxygen atoms in total. The molecule has 4 aromatic carbocycles. The van der Waals surface area contributed by atoms with E-state index in [2.05, 4.69) is 100.0 Å². The van der Waals surface area contributed by atoms with Crippen LogP contribution >= 0.6 is 0 Å². The van der Waals surface area contributed by atoms with Gasteiger partial charge < -0.3 is 4.74 Å². The van der Waals surface area contributed by atoms with Gasteiger partial charge >= 0.3 is 0 Å². The summed E-state index contributed by atoms with van der Waals surface area (Å²) in [4.78, 5) is 4.71. The molecular formula is C41H40N4O. The normalized spacial score (nSPS) is 11.5. The first-order chi connectivity index (χ1) is 22.4. The molecule has 0 aliphatic rings. The van der Waals surface area contributed by atoms with Crippen LogP contribution in [0.5, 0.6) is 11.5 Å². The van der Waals surface area contributed by atoms with E-state index in [0.29, 0.717) is 0 Å². The van der Waals surface area contributed by atoms with Gasteiger partial charge in [0.05, 0.1) is 22.9 Å². The van der Waals surface area contributed by atoms with Gasteiger partial charge in [-0.1, -0.05) is 57.0 Å². The Hall–Kier alpha value is -5.16. The number of hydrogen-bond donors (Lipinski definition) is 0. The molecule has 0 aliphatic carbocycles. The number of hydrogen-bond acceptors (Lipinski definition) is 3. The third-order valence-electron chi connectivity index (χ3n) is 8.98. The van der Waals surface area contributed by atoms with Gasteiger partial charge in [0.15, 0.2) is 0 Å². The van der Waals surface area contributed by atoms with Crippen molar-refractivity contribution in [3.8, 4) is 34.1 Å². The maximum absolute atomic E-state index is 6.49. The predicted octanol–water partition coefficient (Wildman–Crippen LogP) is 10.7. The maximum Gasteiger partial charge on any atom is 0.137 e. The van der Waals surface area contributed by atoms with Gasteiger partial charge in [0.2, 0.25) is 0 Å². The summed E-state index contributed by atoms with van der Waals surface area (Å²) >= 11 is 0. The van der Waals surface area contributed by atoms with Gasteiger partial charge in [0.1, 0.15) is 17.3 Å². The fourth-order valence-corrected chi connectivity index (χ4v) is 6.96. The molecule has 0 radical (unpaired) electrons. The number of ether oxygens (including phenoxy) is 1. The Balaban J connectivity index is 1.22. The highest BCUT2D eigenvalue weighted by Crippen LogP contribution is 2.36. The fraction of sp³-hybridized carbons (Fsp3) is 0.220. The van der Waals surface area contributed by atoms with Gasteiger partial charge in [-0.05, 0) is 109 Å². The minimum Gasteiger partial charge on any atom is -0.457 e. The first-order valence-corrected chi connectivity index (χ1v) is 16.4. The summed E-state index contributed by atoms with van der Waals surface area (Å²) in [6, 6.07) is 29.4. The summed E-state index contributed by atoms with van der Waals surface area (Å²) in [6.07, 6.45) is 10.5. The van der Waals surface area contributed by atoms with E-state index in [1.54, 1.807) is 0 Å². The van der Waals surface area contributed by atoms with Crippen LogP contribution in [0.2, 0.25) is 0 Å². The quantitative estimate of drug-likeness (QED) is 0.165. The molecule has 7 rings (SSSR count). The Labute approximate surface area is 271 Å². The minimum atomic E-state index is 0.756. The largest absolute Gasteiger partial charge is 0.457 e. The number of para-hydroxylation sites is 1. The van der Waals surface area contributed by atoms with Crippen LogP contribution in [0.3, 0.4) is 0 Å². The standard InChI is InChI=1S/C41H40N4O/c1-6-11-30-22-28(4)41(29(5)35(30)12-7-2)31-25-43-44(26-31)32-13-10-14-33(23-32)46-34-17-18-37-36-15-8-9-16-38(36)45(39(37)24-34)40-21-27(3)19-20-42-40/h8-10,13-26H,6-7,11-12H2,1-5H3. The Morgan fingerprint density at radius 3 is 2.37 bits per heavy atom. The lowest BCUT2D eigenvalue weighted by Gasteiger charge is -2.18. The van der Waals surface area contributed by atoms with Crippen molar-refractivity contribution >= 4 is 21.8 Å². The summed E-state index contributed by atoms with van der Waals surface area (Å²) in [5, 5.41) is 7.15. The van der Waals surface area contributed by atoms with Crippen molar-refractivity contribution in [2.24, 2.45) is 0 Å². The lowest BCUT2D eigenvalue weighted by molar-refractivity contribution is 0.483. The molecule has 0 spiro atoms. The highest BCUT2D eigenvalue weighted by molar-refractivity contribution is 6.09. The first-order valence-electron chi connectivity index (χ1n) is 16.4. The van der Waals surface area contributed by atoms with Crippen LogP contribution in [0.4, 0.5) is 0 Å². The van der Waals surface area contributed by atoms with Crippen molar-refractivity contribution in [2.45, 2.75) is 60.3 Å². The highest BCUT2D eigenvalue weighted by Gasteiger charge is 2.17. The van der Waals surface area contributed by atoms with E-state index in [4.69, 9.17) is 14.8 Å². The molecule has 3 heterocycles. The first kappa shape index (κ1) is 29.5.